The minimum atomic E-state index is -0.581. The summed E-state index contributed by atoms with van der Waals surface area (Å²) in [5.41, 5.74) is 2.79. The van der Waals surface area contributed by atoms with E-state index in [0.717, 1.165) is 36.8 Å². The van der Waals surface area contributed by atoms with Crippen LogP contribution in [-0.4, -0.2) is 17.9 Å². The van der Waals surface area contributed by atoms with Crippen LogP contribution >= 0.6 is 0 Å². The highest BCUT2D eigenvalue weighted by Crippen LogP contribution is 2.18. The molecule has 4 heteroatoms. The van der Waals surface area contributed by atoms with Gasteiger partial charge in [0.05, 0.1) is 0 Å². The van der Waals surface area contributed by atoms with E-state index in [1.807, 2.05) is 32.0 Å². The van der Waals surface area contributed by atoms with Crippen molar-refractivity contribution >= 4 is 17.5 Å². The first-order chi connectivity index (χ1) is 9.56. The summed E-state index contributed by atoms with van der Waals surface area (Å²) in [6, 6.07) is 5.88. The van der Waals surface area contributed by atoms with Crippen molar-refractivity contribution in [3.8, 4) is 0 Å². The van der Waals surface area contributed by atoms with E-state index in [-0.39, 0.29) is 6.04 Å². The summed E-state index contributed by atoms with van der Waals surface area (Å²) < 4.78 is 0. The summed E-state index contributed by atoms with van der Waals surface area (Å²) in [6.45, 7) is 3.91. The Balaban J connectivity index is 1.91. The molecule has 4 nitrogen and oxygen atoms in total. The van der Waals surface area contributed by atoms with E-state index in [2.05, 4.69) is 10.6 Å². The van der Waals surface area contributed by atoms with Crippen LogP contribution in [0.2, 0.25) is 0 Å². The van der Waals surface area contributed by atoms with Crippen molar-refractivity contribution < 1.29 is 9.59 Å². The highest BCUT2D eigenvalue weighted by molar-refractivity contribution is 6.39. The number of hydrogen-bond donors (Lipinski definition) is 2. The Kier molecular flexibility index (Phi) is 4.77. The Labute approximate surface area is 119 Å². The first kappa shape index (κ1) is 14.6. The second kappa shape index (κ2) is 6.55. The highest BCUT2D eigenvalue weighted by Gasteiger charge is 2.20. The number of carbonyl (C=O) groups is 2. The number of anilines is 1. The van der Waals surface area contributed by atoms with Gasteiger partial charge < -0.3 is 10.6 Å². The lowest BCUT2D eigenvalue weighted by Gasteiger charge is -2.22. The molecule has 1 aromatic rings. The van der Waals surface area contributed by atoms with Crippen LogP contribution in [0, 0.1) is 13.8 Å². The summed E-state index contributed by atoms with van der Waals surface area (Å²) >= 11 is 0. The Morgan fingerprint density at radius 2 is 1.75 bits per heavy atom. The highest BCUT2D eigenvalue weighted by atomic mass is 16.2. The molecular formula is C16H22N2O2. The van der Waals surface area contributed by atoms with E-state index in [9.17, 15) is 9.59 Å². The molecule has 0 saturated heterocycles. The lowest BCUT2D eigenvalue weighted by molar-refractivity contribution is -0.136. The Bertz CT molecular complexity index is 505. The third kappa shape index (κ3) is 3.83. The molecule has 1 aliphatic rings. The number of benzene rings is 1. The summed E-state index contributed by atoms with van der Waals surface area (Å²) in [5.74, 6) is -1.11. The van der Waals surface area contributed by atoms with Crippen molar-refractivity contribution in [1.82, 2.24) is 5.32 Å². The first-order valence-electron chi connectivity index (χ1n) is 7.25. The maximum absolute atomic E-state index is 11.9. The predicted octanol–water partition coefficient (Wildman–Crippen LogP) is 2.69. The average molecular weight is 274 g/mol. The van der Waals surface area contributed by atoms with Crippen LogP contribution in [-0.2, 0) is 9.59 Å². The summed E-state index contributed by atoms with van der Waals surface area (Å²) in [4.78, 5) is 23.8. The Morgan fingerprint density at radius 1 is 1.05 bits per heavy atom. The van der Waals surface area contributed by atoms with E-state index < -0.39 is 11.8 Å². The smallest absolute Gasteiger partial charge is 0.313 e. The van der Waals surface area contributed by atoms with Gasteiger partial charge in [-0.25, -0.2) is 0 Å². The summed E-state index contributed by atoms with van der Waals surface area (Å²) in [7, 11) is 0. The van der Waals surface area contributed by atoms with Crippen molar-refractivity contribution in [3.63, 3.8) is 0 Å². The fourth-order valence-corrected chi connectivity index (χ4v) is 2.63. The zero-order chi connectivity index (χ0) is 14.5. The van der Waals surface area contributed by atoms with Crippen LogP contribution in [0.15, 0.2) is 18.2 Å². The van der Waals surface area contributed by atoms with Crippen molar-refractivity contribution in [2.24, 2.45) is 0 Å². The molecule has 1 saturated carbocycles. The van der Waals surface area contributed by atoms with Crippen LogP contribution in [0.5, 0.6) is 0 Å². The zero-order valence-electron chi connectivity index (χ0n) is 12.2. The number of nitrogens with one attached hydrogen (secondary N) is 2. The van der Waals surface area contributed by atoms with Gasteiger partial charge in [0.1, 0.15) is 0 Å². The Hall–Kier alpha value is -1.84. The van der Waals surface area contributed by atoms with Crippen molar-refractivity contribution in [2.45, 2.75) is 52.0 Å². The summed E-state index contributed by atoms with van der Waals surface area (Å²) in [5, 5.41) is 5.49. The molecule has 2 rings (SSSR count). The lowest BCUT2D eigenvalue weighted by Crippen LogP contribution is -2.42. The second-order valence-corrected chi connectivity index (χ2v) is 5.58. The van der Waals surface area contributed by atoms with Crippen LogP contribution < -0.4 is 10.6 Å². The Morgan fingerprint density at radius 3 is 2.40 bits per heavy atom. The second-order valence-electron chi connectivity index (χ2n) is 5.58. The van der Waals surface area contributed by atoms with E-state index in [1.165, 1.54) is 6.42 Å². The minimum Gasteiger partial charge on any atom is -0.345 e. The predicted molar refractivity (Wildman–Crippen MR) is 79.6 cm³/mol. The fourth-order valence-electron chi connectivity index (χ4n) is 2.63. The van der Waals surface area contributed by atoms with Gasteiger partial charge in [0.15, 0.2) is 0 Å². The van der Waals surface area contributed by atoms with Crippen molar-refractivity contribution in [2.75, 3.05) is 5.32 Å². The molecule has 0 heterocycles. The topological polar surface area (TPSA) is 58.2 Å². The van der Waals surface area contributed by atoms with Gasteiger partial charge >= 0.3 is 11.8 Å². The molecule has 2 N–H and O–H groups in total. The number of amides is 2. The molecule has 1 aromatic carbocycles. The third-order valence-electron chi connectivity index (χ3n) is 3.78. The molecule has 1 aliphatic carbocycles. The molecule has 20 heavy (non-hydrogen) atoms. The minimum absolute atomic E-state index is 0.154. The fraction of sp³-hybridized carbons (Fsp3) is 0.500. The van der Waals surface area contributed by atoms with Gasteiger partial charge in [-0.3, -0.25) is 9.59 Å². The number of hydrogen-bond acceptors (Lipinski definition) is 2. The summed E-state index contributed by atoms with van der Waals surface area (Å²) in [6.07, 6.45) is 5.43. The molecule has 0 spiro atoms. The van der Waals surface area contributed by atoms with Gasteiger partial charge in [0.25, 0.3) is 0 Å². The number of aryl methyl sites for hydroxylation is 2. The molecule has 2 amide bonds. The van der Waals surface area contributed by atoms with Crippen molar-refractivity contribution in [1.29, 1.82) is 0 Å². The zero-order valence-corrected chi connectivity index (χ0v) is 12.2. The molecule has 0 unspecified atom stereocenters. The largest absolute Gasteiger partial charge is 0.345 e. The van der Waals surface area contributed by atoms with Gasteiger partial charge in [0, 0.05) is 11.7 Å². The third-order valence-corrected chi connectivity index (χ3v) is 3.78. The molecular weight excluding hydrogens is 252 g/mol. The van der Waals surface area contributed by atoms with Crippen molar-refractivity contribution in [3.05, 3.63) is 29.3 Å². The van der Waals surface area contributed by atoms with Gasteiger partial charge in [0.2, 0.25) is 0 Å². The molecule has 0 aliphatic heterocycles. The molecule has 0 bridgehead atoms. The number of rotatable bonds is 2. The maximum Gasteiger partial charge on any atom is 0.313 e. The maximum atomic E-state index is 11.9. The van der Waals surface area contributed by atoms with E-state index >= 15 is 0 Å². The van der Waals surface area contributed by atoms with Crippen LogP contribution in [0.3, 0.4) is 0 Å². The first-order valence-corrected chi connectivity index (χ1v) is 7.25. The molecule has 1 fully saturated rings. The molecule has 108 valence electrons. The quantitative estimate of drug-likeness (QED) is 0.815. The molecule has 0 aromatic heterocycles. The van der Waals surface area contributed by atoms with Gasteiger partial charge in [-0.2, -0.15) is 0 Å². The van der Waals surface area contributed by atoms with Gasteiger partial charge in [-0.05, 0) is 38.3 Å². The average Bonchev–Trinajstić information content (AvgIpc) is 2.43. The molecule has 0 atom stereocenters. The van der Waals surface area contributed by atoms with E-state index in [1.54, 1.807) is 0 Å². The standard InChI is InChI=1S/C16H22N2O2/c1-11-8-9-14(12(2)10-11)18-16(20)15(19)17-13-6-4-3-5-7-13/h8-10,13H,3-7H2,1-2H3,(H,17,19)(H,18,20). The SMILES string of the molecule is Cc1ccc(NC(=O)C(=O)NC2CCCCC2)c(C)c1. The van der Waals surface area contributed by atoms with Crippen LogP contribution in [0.1, 0.15) is 43.2 Å². The molecule has 0 radical (unpaired) electrons. The lowest BCUT2D eigenvalue weighted by atomic mass is 9.95. The number of carbonyl (C=O) groups excluding carboxylic acids is 2. The van der Waals surface area contributed by atoms with E-state index in [4.69, 9.17) is 0 Å². The van der Waals surface area contributed by atoms with Gasteiger partial charge in [-0.15, -0.1) is 0 Å². The monoisotopic (exact) mass is 274 g/mol. The van der Waals surface area contributed by atoms with Crippen LogP contribution in [0.4, 0.5) is 5.69 Å². The van der Waals surface area contributed by atoms with Crippen LogP contribution in [0.25, 0.3) is 0 Å². The van der Waals surface area contributed by atoms with Gasteiger partial charge in [-0.1, -0.05) is 37.0 Å². The normalized spacial score (nSPS) is 15.7. The van der Waals surface area contributed by atoms with E-state index in [0.29, 0.717) is 5.69 Å².